The smallest absolute Gasteiger partial charge is 0.258 e. The molecule has 0 aliphatic rings. The Morgan fingerprint density at radius 2 is 2.00 bits per heavy atom. The van der Waals surface area contributed by atoms with E-state index in [1.807, 2.05) is 6.07 Å². The predicted molar refractivity (Wildman–Crippen MR) is 86.2 cm³/mol. The monoisotopic (exact) mass is 328 g/mol. The molecule has 0 radical (unpaired) electrons. The van der Waals surface area contributed by atoms with Crippen LogP contribution in [-0.4, -0.2) is 19.6 Å². The van der Waals surface area contributed by atoms with Gasteiger partial charge in [0.2, 0.25) is 0 Å². The van der Waals surface area contributed by atoms with Gasteiger partial charge in [0.1, 0.15) is 5.75 Å². The highest BCUT2D eigenvalue weighted by Gasteiger charge is 2.12. The van der Waals surface area contributed by atoms with Crippen molar-refractivity contribution < 1.29 is 18.7 Å². The number of hydrogen-bond acceptors (Lipinski definition) is 4. The van der Waals surface area contributed by atoms with E-state index in [-0.39, 0.29) is 24.3 Å². The van der Waals surface area contributed by atoms with Crippen molar-refractivity contribution in [3.8, 4) is 17.6 Å². The fourth-order valence-electron chi connectivity index (χ4n) is 2.09. The summed E-state index contributed by atoms with van der Waals surface area (Å²) in [5.74, 6) is -0.165. The summed E-state index contributed by atoms with van der Waals surface area (Å²) in [5.41, 5.74) is 1.14. The van der Waals surface area contributed by atoms with Crippen LogP contribution in [0.15, 0.2) is 42.5 Å². The van der Waals surface area contributed by atoms with Crippen LogP contribution in [0.3, 0.4) is 0 Å². The van der Waals surface area contributed by atoms with E-state index in [0.717, 1.165) is 0 Å². The Kier molecular flexibility index (Phi) is 5.74. The third kappa shape index (κ3) is 4.46. The molecule has 1 N–H and O–H groups in total. The SMILES string of the molecule is COc1ccc(C(C)NC(=O)COc2ccc(C#N)cc2)cc1F. The van der Waals surface area contributed by atoms with Crippen molar-refractivity contribution in [2.75, 3.05) is 13.7 Å². The number of carbonyl (C=O) groups is 1. The number of nitrogens with zero attached hydrogens (tertiary/aromatic N) is 1. The molecular formula is C18H17FN2O3. The zero-order chi connectivity index (χ0) is 17.5. The number of carbonyl (C=O) groups excluding carboxylic acids is 1. The van der Waals surface area contributed by atoms with Crippen molar-refractivity contribution >= 4 is 5.91 Å². The number of methoxy groups -OCH3 is 1. The molecule has 2 aromatic carbocycles. The standard InChI is InChI=1S/C18H17FN2O3/c1-12(14-5-8-17(23-2)16(19)9-14)21-18(22)11-24-15-6-3-13(10-20)4-7-15/h3-9,12H,11H2,1-2H3,(H,21,22). The number of rotatable bonds is 6. The predicted octanol–water partition coefficient (Wildman–Crippen LogP) is 2.96. The van der Waals surface area contributed by atoms with E-state index in [4.69, 9.17) is 14.7 Å². The first-order chi connectivity index (χ1) is 11.5. The largest absolute Gasteiger partial charge is 0.494 e. The average Bonchev–Trinajstić information content (AvgIpc) is 2.60. The van der Waals surface area contributed by atoms with E-state index < -0.39 is 5.82 Å². The topological polar surface area (TPSA) is 71.3 Å². The second kappa shape index (κ2) is 7.97. The lowest BCUT2D eigenvalue weighted by Crippen LogP contribution is -2.31. The van der Waals surface area contributed by atoms with Crippen LogP contribution in [0.1, 0.15) is 24.1 Å². The number of amides is 1. The Bertz CT molecular complexity index is 754. The summed E-state index contributed by atoms with van der Waals surface area (Å²) in [6.45, 7) is 1.58. The van der Waals surface area contributed by atoms with Gasteiger partial charge in [-0.25, -0.2) is 4.39 Å². The van der Waals surface area contributed by atoms with Crippen LogP contribution in [-0.2, 0) is 4.79 Å². The van der Waals surface area contributed by atoms with E-state index in [2.05, 4.69) is 5.32 Å². The van der Waals surface area contributed by atoms with Gasteiger partial charge < -0.3 is 14.8 Å². The molecule has 0 bridgehead atoms. The Balaban J connectivity index is 1.89. The number of halogens is 1. The van der Waals surface area contributed by atoms with Gasteiger partial charge in [0.05, 0.1) is 24.8 Å². The van der Waals surface area contributed by atoms with Gasteiger partial charge in [-0.15, -0.1) is 0 Å². The molecule has 0 aliphatic carbocycles. The van der Waals surface area contributed by atoms with Crippen LogP contribution in [0.25, 0.3) is 0 Å². The normalized spacial score (nSPS) is 11.2. The molecule has 24 heavy (non-hydrogen) atoms. The lowest BCUT2D eigenvalue weighted by atomic mass is 10.1. The Morgan fingerprint density at radius 3 is 2.58 bits per heavy atom. The number of nitrogens with one attached hydrogen (secondary N) is 1. The molecule has 0 aliphatic heterocycles. The van der Waals surface area contributed by atoms with E-state index in [1.54, 1.807) is 37.3 Å². The number of benzene rings is 2. The zero-order valence-corrected chi connectivity index (χ0v) is 13.4. The minimum absolute atomic E-state index is 0.154. The third-order valence-electron chi connectivity index (χ3n) is 3.41. The highest BCUT2D eigenvalue weighted by molar-refractivity contribution is 5.78. The van der Waals surface area contributed by atoms with E-state index >= 15 is 0 Å². The van der Waals surface area contributed by atoms with Crippen molar-refractivity contribution in [3.63, 3.8) is 0 Å². The Labute approximate surface area is 139 Å². The molecule has 1 amide bonds. The molecule has 2 rings (SSSR count). The van der Waals surface area contributed by atoms with Gasteiger partial charge in [0.25, 0.3) is 5.91 Å². The molecule has 5 nitrogen and oxygen atoms in total. The third-order valence-corrected chi connectivity index (χ3v) is 3.41. The second-order valence-electron chi connectivity index (χ2n) is 5.11. The molecule has 124 valence electrons. The van der Waals surface area contributed by atoms with Gasteiger partial charge in [-0.2, -0.15) is 5.26 Å². The number of nitriles is 1. The molecule has 1 atom stereocenters. The van der Waals surface area contributed by atoms with E-state index in [1.165, 1.54) is 19.2 Å². The fourth-order valence-corrected chi connectivity index (χ4v) is 2.09. The molecule has 2 aromatic rings. The van der Waals surface area contributed by atoms with Crippen LogP contribution in [0.4, 0.5) is 4.39 Å². The molecule has 0 aromatic heterocycles. The summed E-state index contributed by atoms with van der Waals surface area (Å²) in [7, 11) is 1.39. The lowest BCUT2D eigenvalue weighted by molar-refractivity contribution is -0.123. The molecule has 6 heteroatoms. The van der Waals surface area contributed by atoms with Crippen LogP contribution in [0.2, 0.25) is 0 Å². The van der Waals surface area contributed by atoms with Crippen molar-refractivity contribution in [3.05, 3.63) is 59.4 Å². The molecule has 0 saturated carbocycles. The lowest BCUT2D eigenvalue weighted by Gasteiger charge is -2.15. The minimum atomic E-state index is -0.482. The summed E-state index contributed by atoms with van der Waals surface area (Å²) in [5, 5.41) is 11.4. The van der Waals surface area contributed by atoms with Crippen molar-refractivity contribution in [1.82, 2.24) is 5.32 Å². The minimum Gasteiger partial charge on any atom is -0.494 e. The summed E-state index contributed by atoms with van der Waals surface area (Å²) >= 11 is 0. The van der Waals surface area contributed by atoms with Crippen LogP contribution < -0.4 is 14.8 Å². The average molecular weight is 328 g/mol. The zero-order valence-electron chi connectivity index (χ0n) is 13.4. The van der Waals surface area contributed by atoms with Gasteiger partial charge in [-0.3, -0.25) is 4.79 Å². The van der Waals surface area contributed by atoms with Gasteiger partial charge >= 0.3 is 0 Å². The second-order valence-corrected chi connectivity index (χ2v) is 5.11. The molecule has 1 unspecified atom stereocenters. The summed E-state index contributed by atoms with van der Waals surface area (Å²) in [4.78, 5) is 11.9. The molecule has 0 fully saturated rings. The van der Waals surface area contributed by atoms with Crippen molar-refractivity contribution in [1.29, 1.82) is 5.26 Å². The summed E-state index contributed by atoms with van der Waals surface area (Å²) < 4.78 is 23.9. The number of hydrogen-bond donors (Lipinski definition) is 1. The van der Waals surface area contributed by atoms with Crippen LogP contribution in [0.5, 0.6) is 11.5 Å². The molecule has 0 spiro atoms. The highest BCUT2D eigenvalue weighted by Crippen LogP contribution is 2.21. The fraction of sp³-hybridized carbons (Fsp3) is 0.222. The van der Waals surface area contributed by atoms with E-state index in [0.29, 0.717) is 16.9 Å². The van der Waals surface area contributed by atoms with Gasteiger partial charge in [-0.1, -0.05) is 6.07 Å². The first-order valence-corrected chi connectivity index (χ1v) is 7.29. The quantitative estimate of drug-likeness (QED) is 0.885. The van der Waals surface area contributed by atoms with E-state index in [9.17, 15) is 9.18 Å². The Hall–Kier alpha value is -3.07. The molecule has 0 saturated heterocycles. The van der Waals surface area contributed by atoms with Gasteiger partial charge in [0.15, 0.2) is 18.2 Å². The molecule has 0 heterocycles. The van der Waals surface area contributed by atoms with Crippen molar-refractivity contribution in [2.45, 2.75) is 13.0 Å². The maximum absolute atomic E-state index is 13.7. The summed E-state index contributed by atoms with van der Waals surface area (Å²) in [6, 6.07) is 12.6. The summed E-state index contributed by atoms with van der Waals surface area (Å²) in [6.07, 6.45) is 0. The first kappa shape index (κ1) is 17.3. The Morgan fingerprint density at radius 1 is 1.29 bits per heavy atom. The number of ether oxygens (including phenoxy) is 2. The maximum Gasteiger partial charge on any atom is 0.258 e. The van der Waals surface area contributed by atoms with Gasteiger partial charge in [-0.05, 0) is 48.9 Å². The van der Waals surface area contributed by atoms with Crippen LogP contribution >= 0.6 is 0 Å². The van der Waals surface area contributed by atoms with Gasteiger partial charge in [0, 0.05) is 0 Å². The first-order valence-electron chi connectivity index (χ1n) is 7.29. The van der Waals surface area contributed by atoms with Crippen LogP contribution in [0, 0.1) is 17.1 Å². The highest BCUT2D eigenvalue weighted by atomic mass is 19.1. The molecular weight excluding hydrogens is 311 g/mol. The maximum atomic E-state index is 13.7. The van der Waals surface area contributed by atoms with Crippen molar-refractivity contribution in [2.24, 2.45) is 0 Å².